The molecule has 0 spiro atoms. The van der Waals surface area contributed by atoms with Crippen LogP contribution in [0.15, 0.2) is 28.7 Å². The highest BCUT2D eigenvalue weighted by atomic mass is 79.9. The maximum Gasteiger partial charge on any atom is 0.227 e. The first-order valence-corrected chi connectivity index (χ1v) is 7.54. The summed E-state index contributed by atoms with van der Waals surface area (Å²) in [7, 11) is 0. The number of halogens is 1. The molecule has 1 aromatic carbocycles. The van der Waals surface area contributed by atoms with Gasteiger partial charge in [-0.15, -0.1) is 0 Å². The van der Waals surface area contributed by atoms with Crippen molar-refractivity contribution in [2.75, 3.05) is 6.54 Å². The zero-order valence-corrected chi connectivity index (χ0v) is 12.4. The van der Waals surface area contributed by atoms with Gasteiger partial charge in [0.1, 0.15) is 0 Å². The summed E-state index contributed by atoms with van der Waals surface area (Å²) < 4.78 is 1.04. The molecule has 2 rings (SSSR count). The lowest BCUT2D eigenvalue weighted by molar-refractivity contribution is -0.134. The molecule has 1 unspecified atom stereocenters. The van der Waals surface area contributed by atoms with Gasteiger partial charge in [-0.2, -0.15) is 0 Å². The van der Waals surface area contributed by atoms with E-state index in [2.05, 4.69) is 27.8 Å². The predicted molar refractivity (Wildman–Crippen MR) is 77.5 cm³/mol. The molecule has 1 heterocycles. The Morgan fingerprint density at radius 3 is 3.00 bits per heavy atom. The topological polar surface area (TPSA) is 20.3 Å². The number of benzene rings is 1. The molecule has 1 amide bonds. The van der Waals surface area contributed by atoms with Crippen LogP contribution in [-0.2, 0) is 11.2 Å². The molecule has 1 aliphatic rings. The van der Waals surface area contributed by atoms with Crippen LogP contribution in [0.1, 0.15) is 38.2 Å². The highest BCUT2D eigenvalue weighted by Gasteiger charge is 2.24. The average molecular weight is 310 g/mol. The average Bonchev–Trinajstić information content (AvgIpc) is 2.38. The van der Waals surface area contributed by atoms with Gasteiger partial charge in [-0.25, -0.2) is 0 Å². The number of carbonyl (C=O) groups excluding carboxylic acids is 1. The Labute approximate surface area is 117 Å². The standard InChI is InChI=1S/C15H20BrNO/c1-2-14-8-3-4-9-17(14)15(18)11-12-6-5-7-13(16)10-12/h5-7,10,14H,2-4,8-9,11H2,1H3. The summed E-state index contributed by atoms with van der Waals surface area (Å²) in [5.41, 5.74) is 1.09. The molecule has 1 atom stereocenters. The molecular weight excluding hydrogens is 290 g/mol. The molecule has 0 bridgehead atoms. The number of rotatable bonds is 3. The Morgan fingerprint density at radius 1 is 1.44 bits per heavy atom. The summed E-state index contributed by atoms with van der Waals surface area (Å²) in [6.07, 6.45) is 5.18. The van der Waals surface area contributed by atoms with Crippen molar-refractivity contribution in [3.8, 4) is 0 Å². The minimum atomic E-state index is 0.277. The molecule has 1 saturated heterocycles. The van der Waals surface area contributed by atoms with Crippen LogP contribution in [0.25, 0.3) is 0 Å². The monoisotopic (exact) mass is 309 g/mol. The van der Waals surface area contributed by atoms with Crippen molar-refractivity contribution >= 4 is 21.8 Å². The zero-order chi connectivity index (χ0) is 13.0. The van der Waals surface area contributed by atoms with E-state index in [1.165, 1.54) is 12.8 Å². The first-order valence-electron chi connectivity index (χ1n) is 6.74. The van der Waals surface area contributed by atoms with Crippen molar-refractivity contribution in [1.82, 2.24) is 4.90 Å². The fraction of sp³-hybridized carbons (Fsp3) is 0.533. The zero-order valence-electron chi connectivity index (χ0n) is 10.9. The second-order valence-electron chi connectivity index (χ2n) is 4.95. The summed E-state index contributed by atoms with van der Waals surface area (Å²) in [6.45, 7) is 3.11. The van der Waals surface area contributed by atoms with Crippen LogP contribution in [0.2, 0.25) is 0 Å². The van der Waals surface area contributed by atoms with Crippen molar-refractivity contribution in [2.24, 2.45) is 0 Å². The quantitative estimate of drug-likeness (QED) is 0.832. The van der Waals surface area contributed by atoms with Gasteiger partial charge in [0, 0.05) is 17.1 Å². The largest absolute Gasteiger partial charge is 0.339 e. The SMILES string of the molecule is CCC1CCCCN1C(=O)Cc1cccc(Br)c1. The lowest BCUT2D eigenvalue weighted by Gasteiger charge is -2.35. The number of piperidine rings is 1. The van der Waals surface area contributed by atoms with Crippen LogP contribution in [-0.4, -0.2) is 23.4 Å². The molecule has 18 heavy (non-hydrogen) atoms. The van der Waals surface area contributed by atoms with Gasteiger partial charge in [-0.05, 0) is 43.4 Å². The third-order valence-corrected chi connectivity index (χ3v) is 4.16. The van der Waals surface area contributed by atoms with Crippen LogP contribution in [0.4, 0.5) is 0 Å². The van der Waals surface area contributed by atoms with Crippen LogP contribution < -0.4 is 0 Å². The van der Waals surface area contributed by atoms with Gasteiger partial charge in [-0.1, -0.05) is 35.0 Å². The lowest BCUT2D eigenvalue weighted by Crippen LogP contribution is -2.44. The van der Waals surface area contributed by atoms with E-state index in [9.17, 15) is 4.79 Å². The molecule has 1 aliphatic heterocycles. The van der Waals surface area contributed by atoms with Gasteiger partial charge in [0.05, 0.1) is 6.42 Å². The Morgan fingerprint density at radius 2 is 2.28 bits per heavy atom. The predicted octanol–water partition coefficient (Wildman–Crippen LogP) is 3.78. The normalized spacial score (nSPS) is 19.9. The number of hydrogen-bond donors (Lipinski definition) is 0. The first kappa shape index (κ1) is 13.6. The van der Waals surface area contributed by atoms with Gasteiger partial charge in [0.15, 0.2) is 0 Å². The molecule has 0 aliphatic carbocycles. The lowest BCUT2D eigenvalue weighted by atomic mass is 9.99. The summed E-state index contributed by atoms with van der Waals surface area (Å²) in [5, 5.41) is 0. The highest BCUT2D eigenvalue weighted by Crippen LogP contribution is 2.21. The number of nitrogens with zero attached hydrogens (tertiary/aromatic N) is 1. The van der Waals surface area contributed by atoms with Crippen molar-refractivity contribution < 1.29 is 4.79 Å². The van der Waals surface area contributed by atoms with Crippen LogP contribution in [0.3, 0.4) is 0 Å². The van der Waals surface area contributed by atoms with Crippen LogP contribution in [0, 0.1) is 0 Å². The van der Waals surface area contributed by atoms with Crippen LogP contribution in [0.5, 0.6) is 0 Å². The molecule has 0 aromatic heterocycles. The Kier molecular flexibility index (Phi) is 4.81. The molecule has 0 saturated carbocycles. The molecule has 3 heteroatoms. The smallest absolute Gasteiger partial charge is 0.227 e. The fourth-order valence-corrected chi connectivity index (χ4v) is 3.12. The van der Waals surface area contributed by atoms with Gasteiger partial charge in [0.2, 0.25) is 5.91 Å². The molecule has 0 radical (unpaired) electrons. The minimum Gasteiger partial charge on any atom is -0.339 e. The maximum absolute atomic E-state index is 12.4. The van der Waals surface area contributed by atoms with E-state index in [4.69, 9.17) is 0 Å². The third-order valence-electron chi connectivity index (χ3n) is 3.66. The fourth-order valence-electron chi connectivity index (χ4n) is 2.68. The van der Waals surface area contributed by atoms with E-state index in [0.29, 0.717) is 12.5 Å². The van der Waals surface area contributed by atoms with E-state index in [0.717, 1.165) is 29.4 Å². The second kappa shape index (κ2) is 6.37. The Hall–Kier alpha value is -0.830. The molecular formula is C15H20BrNO. The van der Waals surface area contributed by atoms with Crippen molar-refractivity contribution in [3.63, 3.8) is 0 Å². The van der Waals surface area contributed by atoms with Crippen LogP contribution >= 0.6 is 15.9 Å². The van der Waals surface area contributed by atoms with Crippen molar-refractivity contribution in [2.45, 2.75) is 45.1 Å². The molecule has 2 nitrogen and oxygen atoms in total. The van der Waals surface area contributed by atoms with Gasteiger partial charge in [0.25, 0.3) is 0 Å². The number of hydrogen-bond acceptors (Lipinski definition) is 1. The Balaban J connectivity index is 2.02. The minimum absolute atomic E-state index is 0.277. The van der Waals surface area contributed by atoms with E-state index in [1.54, 1.807) is 0 Å². The van der Waals surface area contributed by atoms with E-state index < -0.39 is 0 Å². The van der Waals surface area contributed by atoms with E-state index in [1.807, 2.05) is 24.3 Å². The van der Waals surface area contributed by atoms with E-state index in [-0.39, 0.29) is 5.91 Å². The molecule has 1 aromatic rings. The molecule has 0 N–H and O–H groups in total. The molecule has 98 valence electrons. The number of likely N-dealkylation sites (tertiary alicyclic amines) is 1. The second-order valence-corrected chi connectivity index (χ2v) is 5.87. The maximum atomic E-state index is 12.4. The van der Waals surface area contributed by atoms with Gasteiger partial charge in [-0.3, -0.25) is 4.79 Å². The van der Waals surface area contributed by atoms with E-state index >= 15 is 0 Å². The summed E-state index contributed by atoms with van der Waals surface area (Å²) in [6, 6.07) is 8.48. The highest BCUT2D eigenvalue weighted by molar-refractivity contribution is 9.10. The summed E-state index contributed by atoms with van der Waals surface area (Å²) >= 11 is 3.45. The third kappa shape index (κ3) is 3.35. The van der Waals surface area contributed by atoms with Gasteiger partial charge >= 0.3 is 0 Å². The number of carbonyl (C=O) groups is 1. The summed E-state index contributed by atoms with van der Waals surface area (Å²) in [5.74, 6) is 0.277. The first-order chi connectivity index (χ1) is 8.70. The summed E-state index contributed by atoms with van der Waals surface area (Å²) in [4.78, 5) is 14.4. The number of amides is 1. The Bertz CT molecular complexity index is 419. The molecule has 1 fully saturated rings. The van der Waals surface area contributed by atoms with Crippen molar-refractivity contribution in [1.29, 1.82) is 0 Å². The van der Waals surface area contributed by atoms with Gasteiger partial charge < -0.3 is 4.90 Å². The van der Waals surface area contributed by atoms with Crippen molar-refractivity contribution in [3.05, 3.63) is 34.3 Å².